The molecule has 1 aliphatic heterocycles. The van der Waals surface area contributed by atoms with E-state index in [2.05, 4.69) is 10.9 Å². The number of benzene rings is 2. The van der Waals surface area contributed by atoms with Crippen LogP contribution in [0.2, 0.25) is 0 Å². The van der Waals surface area contributed by atoms with Crippen LogP contribution >= 0.6 is 0 Å². The lowest BCUT2D eigenvalue weighted by Crippen LogP contribution is -2.41. The third kappa shape index (κ3) is 5.57. The van der Waals surface area contributed by atoms with Crippen LogP contribution in [0.15, 0.2) is 42.5 Å². The topological polar surface area (TPSA) is 76.7 Å². The van der Waals surface area contributed by atoms with Crippen LogP contribution in [0.4, 0.5) is 4.39 Å². The minimum absolute atomic E-state index is 0.0269. The van der Waals surface area contributed by atoms with Gasteiger partial charge in [0.25, 0.3) is 5.91 Å². The van der Waals surface area contributed by atoms with E-state index in [1.807, 2.05) is 26.0 Å². The Hall–Kier alpha value is -3.35. The number of fused-ring (bicyclic) bond motifs is 1. The van der Waals surface area contributed by atoms with Crippen molar-refractivity contribution in [2.45, 2.75) is 32.8 Å². The maximum absolute atomic E-state index is 12.9. The van der Waals surface area contributed by atoms with Crippen LogP contribution in [0.5, 0.6) is 11.5 Å². The van der Waals surface area contributed by atoms with E-state index in [0.29, 0.717) is 23.5 Å². The highest BCUT2D eigenvalue weighted by atomic mass is 19.1. The molecule has 29 heavy (non-hydrogen) atoms. The molecule has 2 aromatic carbocycles. The quantitative estimate of drug-likeness (QED) is 0.579. The molecule has 0 radical (unpaired) electrons. The second kappa shape index (κ2) is 9.23. The van der Waals surface area contributed by atoms with Crippen LogP contribution in [0, 0.1) is 5.82 Å². The van der Waals surface area contributed by atoms with Gasteiger partial charge in [-0.2, -0.15) is 0 Å². The second-order valence-corrected chi connectivity index (χ2v) is 6.74. The first-order chi connectivity index (χ1) is 13.9. The van der Waals surface area contributed by atoms with E-state index in [1.54, 1.807) is 6.08 Å². The first-order valence-electron chi connectivity index (χ1n) is 9.42. The van der Waals surface area contributed by atoms with E-state index in [0.717, 1.165) is 17.7 Å². The van der Waals surface area contributed by atoms with Crippen molar-refractivity contribution in [2.24, 2.45) is 0 Å². The normalized spacial score (nSPS) is 14.9. The molecule has 0 saturated carbocycles. The fourth-order valence-electron chi connectivity index (χ4n) is 3.04. The molecule has 2 N–H and O–H groups in total. The zero-order chi connectivity index (χ0) is 20.8. The molecule has 0 unspecified atom stereocenters. The van der Waals surface area contributed by atoms with Crippen molar-refractivity contribution in [3.05, 3.63) is 65.0 Å². The number of amides is 2. The number of hydrogen-bond donors (Lipinski definition) is 2. The van der Waals surface area contributed by atoms with Gasteiger partial charge in [0.1, 0.15) is 23.4 Å². The molecule has 1 heterocycles. The number of nitrogens with one attached hydrogen (secondary N) is 2. The second-order valence-electron chi connectivity index (χ2n) is 6.74. The minimum Gasteiger partial charge on any atom is -0.493 e. The number of hydrazine groups is 1. The molecule has 2 amide bonds. The standard InChI is InChI=1S/C22H23FN2O4/c1-3-28-19-13-17-10-14(2)29-20(17)12-16(19)6-9-21(26)24-25-22(27)11-15-4-7-18(23)8-5-15/h4-9,12-14H,3,10-11H2,1-2H3,(H,24,26)(H,25,27)/b9-6+/t14-/m0/s1. The number of rotatable bonds is 6. The Morgan fingerprint density at radius 3 is 2.72 bits per heavy atom. The SMILES string of the molecule is CCOc1cc2c(cc1/C=C/C(=O)NNC(=O)Cc1ccc(F)cc1)O[C@@H](C)C2. The van der Waals surface area contributed by atoms with Crippen molar-refractivity contribution in [3.8, 4) is 11.5 Å². The first-order valence-corrected chi connectivity index (χ1v) is 9.42. The molecule has 0 bridgehead atoms. The van der Waals surface area contributed by atoms with Crippen LogP contribution in [0.25, 0.3) is 6.08 Å². The molecule has 2 aromatic rings. The summed E-state index contributed by atoms with van der Waals surface area (Å²) in [4.78, 5) is 23.9. The number of carbonyl (C=O) groups excluding carboxylic acids is 2. The van der Waals surface area contributed by atoms with Crippen molar-refractivity contribution in [2.75, 3.05) is 6.61 Å². The molecule has 1 atom stereocenters. The summed E-state index contributed by atoms with van der Waals surface area (Å²) in [5, 5.41) is 0. The molecule has 6 nitrogen and oxygen atoms in total. The monoisotopic (exact) mass is 398 g/mol. The lowest BCUT2D eigenvalue weighted by atomic mass is 10.1. The molecule has 0 spiro atoms. The lowest BCUT2D eigenvalue weighted by Gasteiger charge is -2.10. The van der Waals surface area contributed by atoms with Crippen molar-refractivity contribution < 1.29 is 23.5 Å². The van der Waals surface area contributed by atoms with Crippen LogP contribution in [-0.2, 0) is 22.4 Å². The molecular formula is C22H23FN2O4. The Labute approximate surface area is 168 Å². The van der Waals surface area contributed by atoms with Gasteiger partial charge in [0, 0.05) is 23.6 Å². The van der Waals surface area contributed by atoms with Gasteiger partial charge in [0.05, 0.1) is 13.0 Å². The zero-order valence-electron chi connectivity index (χ0n) is 16.3. The van der Waals surface area contributed by atoms with E-state index >= 15 is 0 Å². The summed E-state index contributed by atoms with van der Waals surface area (Å²) in [6, 6.07) is 9.37. The fraction of sp³-hybridized carbons (Fsp3) is 0.273. The number of ether oxygens (including phenoxy) is 2. The maximum atomic E-state index is 12.9. The number of halogens is 1. The third-order valence-corrected chi connectivity index (χ3v) is 4.35. The van der Waals surface area contributed by atoms with E-state index in [4.69, 9.17) is 9.47 Å². The number of hydrogen-bond acceptors (Lipinski definition) is 4. The predicted octanol–water partition coefficient (Wildman–Crippen LogP) is 2.95. The molecule has 7 heteroatoms. The van der Waals surface area contributed by atoms with Gasteiger partial charge < -0.3 is 9.47 Å². The van der Waals surface area contributed by atoms with Gasteiger partial charge >= 0.3 is 0 Å². The molecule has 3 rings (SSSR count). The van der Waals surface area contributed by atoms with Crippen LogP contribution in [0.3, 0.4) is 0 Å². The summed E-state index contributed by atoms with van der Waals surface area (Å²) in [6.07, 6.45) is 3.87. The molecule has 0 saturated heterocycles. The highest BCUT2D eigenvalue weighted by molar-refractivity contribution is 5.93. The van der Waals surface area contributed by atoms with E-state index < -0.39 is 11.8 Å². The fourth-order valence-corrected chi connectivity index (χ4v) is 3.04. The molecule has 1 aliphatic rings. The summed E-state index contributed by atoms with van der Waals surface area (Å²) in [5.41, 5.74) is 7.09. The van der Waals surface area contributed by atoms with Gasteiger partial charge in [0.15, 0.2) is 0 Å². The third-order valence-electron chi connectivity index (χ3n) is 4.35. The Morgan fingerprint density at radius 2 is 2.00 bits per heavy atom. The molecule has 0 fully saturated rings. The van der Waals surface area contributed by atoms with Crippen LogP contribution in [-0.4, -0.2) is 24.5 Å². The largest absolute Gasteiger partial charge is 0.493 e. The van der Waals surface area contributed by atoms with Gasteiger partial charge in [-0.1, -0.05) is 12.1 Å². The Kier molecular flexibility index (Phi) is 6.49. The summed E-state index contributed by atoms with van der Waals surface area (Å²) in [5.74, 6) is 0.190. The van der Waals surface area contributed by atoms with Crippen LogP contribution < -0.4 is 20.3 Å². The summed E-state index contributed by atoms with van der Waals surface area (Å²) in [6.45, 7) is 4.39. The smallest absolute Gasteiger partial charge is 0.262 e. The van der Waals surface area contributed by atoms with E-state index in [-0.39, 0.29) is 18.3 Å². The zero-order valence-corrected chi connectivity index (χ0v) is 16.3. The van der Waals surface area contributed by atoms with Crippen molar-refractivity contribution in [1.29, 1.82) is 0 Å². The van der Waals surface area contributed by atoms with Crippen molar-refractivity contribution in [3.63, 3.8) is 0 Å². The molecule has 0 aromatic heterocycles. The summed E-state index contributed by atoms with van der Waals surface area (Å²) >= 11 is 0. The van der Waals surface area contributed by atoms with Crippen molar-refractivity contribution >= 4 is 17.9 Å². The highest BCUT2D eigenvalue weighted by Crippen LogP contribution is 2.35. The summed E-state index contributed by atoms with van der Waals surface area (Å²) in [7, 11) is 0. The average Bonchev–Trinajstić information content (AvgIpc) is 3.05. The summed E-state index contributed by atoms with van der Waals surface area (Å²) < 4.78 is 24.3. The predicted molar refractivity (Wildman–Crippen MR) is 107 cm³/mol. The Bertz CT molecular complexity index is 925. The number of carbonyl (C=O) groups is 2. The van der Waals surface area contributed by atoms with Crippen molar-refractivity contribution in [1.82, 2.24) is 10.9 Å². The molecular weight excluding hydrogens is 375 g/mol. The maximum Gasteiger partial charge on any atom is 0.262 e. The molecule has 0 aliphatic carbocycles. The Balaban J connectivity index is 1.58. The van der Waals surface area contributed by atoms with Gasteiger partial charge in [-0.05, 0) is 49.8 Å². The van der Waals surface area contributed by atoms with Gasteiger partial charge in [-0.3, -0.25) is 20.4 Å². The lowest BCUT2D eigenvalue weighted by molar-refractivity contribution is -0.126. The van der Waals surface area contributed by atoms with Gasteiger partial charge in [-0.25, -0.2) is 4.39 Å². The Morgan fingerprint density at radius 1 is 1.24 bits per heavy atom. The first kappa shape index (κ1) is 20.4. The van der Waals surface area contributed by atoms with Gasteiger partial charge in [0.2, 0.25) is 5.91 Å². The van der Waals surface area contributed by atoms with Crippen LogP contribution in [0.1, 0.15) is 30.5 Å². The average molecular weight is 398 g/mol. The molecule has 152 valence electrons. The van der Waals surface area contributed by atoms with E-state index in [9.17, 15) is 14.0 Å². The minimum atomic E-state index is -0.491. The van der Waals surface area contributed by atoms with Gasteiger partial charge in [-0.15, -0.1) is 0 Å². The van der Waals surface area contributed by atoms with E-state index in [1.165, 1.54) is 30.3 Å². The highest BCUT2D eigenvalue weighted by Gasteiger charge is 2.21.